The van der Waals surface area contributed by atoms with E-state index in [1.165, 1.54) is 13.0 Å². The predicted molar refractivity (Wildman–Crippen MR) is 115 cm³/mol. The van der Waals surface area contributed by atoms with Crippen LogP contribution in [-0.2, 0) is 4.79 Å². The van der Waals surface area contributed by atoms with Crippen molar-refractivity contribution >= 4 is 11.8 Å². The maximum atomic E-state index is 11.7. The quantitative estimate of drug-likeness (QED) is 0.439. The topological polar surface area (TPSA) is 118 Å². The molecule has 31 heavy (non-hydrogen) atoms. The number of nitrogens with one attached hydrogen (secondary N) is 1. The zero-order valence-electron chi connectivity index (χ0n) is 16.8. The predicted octanol–water partition coefficient (Wildman–Crippen LogP) is 4.45. The molecule has 0 fully saturated rings. The highest BCUT2D eigenvalue weighted by Crippen LogP contribution is 2.45. The number of benzene rings is 2. The van der Waals surface area contributed by atoms with E-state index in [1.54, 1.807) is 62.0 Å². The van der Waals surface area contributed by atoms with E-state index in [-0.39, 0.29) is 23.3 Å². The van der Waals surface area contributed by atoms with Crippen LogP contribution in [-0.4, -0.2) is 33.4 Å². The summed E-state index contributed by atoms with van der Waals surface area (Å²) in [6.07, 6.45) is 3.23. The Hall–Kier alpha value is -4.33. The summed E-state index contributed by atoms with van der Waals surface area (Å²) in [6.45, 7) is 1.36. The van der Waals surface area contributed by atoms with Gasteiger partial charge in [0.15, 0.2) is 0 Å². The van der Waals surface area contributed by atoms with E-state index in [1.807, 2.05) is 0 Å². The Morgan fingerprint density at radius 1 is 1.03 bits per heavy atom. The number of methoxy groups -OCH3 is 1. The maximum Gasteiger partial charge on any atom is 0.239 e. The minimum absolute atomic E-state index is 0.106. The highest BCUT2D eigenvalue weighted by atomic mass is 16.5. The monoisotopic (exact) mass is 417 g/mol. The molecule has 0 radical (unpaired) electrons. The molecule has 0 spiro atoms. The van der Waals surface area contributed by atoms with Gasteiger partial charge in [-0.1, -0.05) is 23.4 Å². The van der Waals surface area contributed by atoms with Crippen LogP contribution in [0.3, 0.4) is 0 Å². The second-order valence-corrected chi connectivity index (χ2v) is 6.77. The molecule has 156 valence electrons. The number of pyridine rings is 1. The van der Waals surface area contributed by atoms with Gasteiger partial charge in [-0.15, -0.1) is 0 Å². The minimum Gasteiger partial charge on any atom is -0.507 e. The highest BCUT2D eigenvalue weighted by molar-refractivity contribution is 5.97. The first-order chi connectivity index (χ1) is 15.0. The first-order valence-electron chi connectivity index (χ1n) is 9.36. The van der Waals surface area contributed by atoms with Gasteiger partial charge < -0.3 is 19.5 Å². The van der Waals surface area contributed by atoms with Crippen molar-refractivity contribution in [3.63, 3.8) is 0 Å². The third-order valence-corrected chi connectivity index (χ3v) is 4.70. The van der Waals surface area contributed by atoms with Crippen molar-refractivity contribution in [2.24, 2.45) is 0 Å². The maximum absolute atomic E-state index is 11.7. The number of carbonyl (C=O) groups excluding carboxylic acids is 1. The average molecular weight is 417 g/mol. The number of phenolic OH excluding ortho intramolecular Hbond substituents is 2. The molecule has 1 amide bonds. The Morgan fingerprint density at radius 2 is 1.77 bits per heavy atom. The molecule has 0 saturated heterocycles. The van der Waals surface area contributed by atoms with Gasteiger partial charge in [-0.05, 0) is 29.8 Å². The third-order valence-electron chi connectivity index (χ3n) is 4.70. The van der Waals surface area contributed by atoms with Crippen LogP contribution in [0.2, 0.25) is 0 Å². The molecule has 2 aromatic carbocycles. The minimum atomic E-state index is -0.330. The Balaban J connectivity index is 1.92. The number of aromatic hydroxyl groups is 2. The average Bonchev–Trinajstić information content (AvgIpc) is 3.17. The molecule has 4 rings (SSSR count). The van der Waals surface area contributed by atoms with Crippen molar-refractivity contribution in [2.45, 2.75) is 6.92 Å². The molecule has 3 N–H and O–H groups in total. The van der Waals surface area contributed by atoms with Gasteiger partial charge in [0.1, 0.15) is 22.9 Å². The SMILES string of the molecule is COc1ccc(-c2c(-c3cc(-c4cccnc4)c(O)cc3O)noc2NC(C)=O)cc1. The van der Waals surface area contributed by atoms with Crippen LogP contribution < -0.4 is 10.1 Å². The molecule has 8 heteroatoms. The van der Waals surface area contributed by atoms with Crippen molar-refractivity contribution in [1.29, 1.82) is 0 Å². The summed E-state index contributed by atoms with van der Waals surface area (Å²) in [5.41, 5.74) is 2.93. The molecule has 4 aromatic rings. The van der Waals surface area contributed by atoms with Crippen LogP contribution in [0.5, 0.6) is 17.2 Å². The van der Waals surface area contributed by atoms with E-state index < -0.39 is 0 Å². The fraction of sp³-hybridized carbons (Fsp3) is 0.0870. The largest absolute Gasteiger partial charge is 0.507 e. The van der Waals surface area contributed by atoms with Gasteiger partial charge in [0.25, 0.3) is 0 Å². The van der Waals surface area contributed by atoms with E-state index in [9.17, 15) is 15.0 Å². The molecular formula is C23H19N3O5. The van der Waals surface area contributed by atoms with Crippen LogP contribution in [0, 0.1) is 0 Å². The van der Waals surface area contributed by atoms with Crippen LogP contribution >= 0.6 is 0 Å². The van der Waals surface area contributed by atoms with Crippen LogP contribution in [0.4, 0.5) is 5.88 Å². The number of amides is 1. The fourth-order valence-corrected chi connectivity index (χ4v) is 3.26. The van der Waals surface area contributed by atoms with E-state index >= 15 is 0 Å². The molecule has 0 saturated carbocycles. The number of hydrogen-bond donors (Lipinski definition) is 3. The highest BCUT2D eigenvalue weighted by Gasteiger charge is 2.24. The van der Waals surface area contributed by atoms with Gasteiger partial charge in [-0.25, -0.2) is 0 Å². The number of rotatable bonds is 5. The summed E-state index contributed by atoms with van der Waals surface area (Å²) >= 11 is 0. The lowest BCUT2D eigenvalue weighted by molar-refractivity contribution is -0.114. The molecule has 0 unspecified atom stereocenters. The Kier molecular flexibility index (Phi) is 5.28. The number of aromatic nitrogens is 2. The normalized spacial score (nSPS) is 10.6. The lowest BCUT2D eigenvalue weighted by Gasteiger charge is -2.11. The molecule has 2 aromatic heterocycles. The van der Waals surface area contributed by atoms with Gasteiger partial charge in [0.05, 0.1) is 12.7 Å². The van der Waals surface area contributed by atoms with Crippen LogP contribution in [0.1, 0.15) is 6.92 Å². The molecular weight excluding hydrogens is 398 g/mol. The Bertz CT molecular complexity index is 1230. The van der Waals surface area contributed by atoms with E-state index in [0.717, 1.165) is 0 Å². The van der Waals surface area contributed by atoms with Gasteiger partial charge in [-0.3, -0.25) is 15.1 Å². The van der Waals surface area contributed by atoms with Gasteiger partial charge in [0, 0.05) is 42.1 Å². The third kappa shape index (κ3) is 3.91. The van der Waals surface area contributed by atoms with Crippen LogP contribution in [0.25, 0.3) is 33.5 Å². The lowest BCUT2D eigenvalue weighted by Crippen LogP contribution is -2.05. The zero-order valence-corrected chi connectivity index (χ0v) is 16.8. The molecule has 8 nitrogen and oxygen atoms in total. The van der Waals surface area contributed by atoms with E-state index in [0.29, 0.717) is 39.3 Å². The number of ether oxygens (including phenoxy) is 1. The summed E-state index contributed by atoms with van der Waals surface area (Å²) in [5.74, 6) is 0.175. The summed E-state index contributed by atoms with van der Waals surface area (Å²) in [7, 11) is 1.57. The number of phenols is 2. The second kappa shape index (κ2) is 8.19. The number of carbonyl (C=O) groups is 1. The van der Waals surface area contributed by atoms with Crippen molar-refractivity contribution in [3.05, 3.63) is 60.9 Å². The molecule has 0 aliphatic carbocycles. The van der Waals surface area contributed by atoms with Crippen molar-refractivity contribution in [3.8, 4) is 50.8 Å². The van der Waals surface area contributed by atoms with Gasteiger partial charge in [-0.2, -0.15) is 0 Å². The molecule has 0 atom stereocenters. The van der Waals surface area contributed by atoms with Crippen molar-refractivity contribution in [1.82, 2.24) is 10.1 Å². The van der Waals surface area contributed by atoms with Gasteiger partial charge in [0.2, 0.25) is 11.8 Å². The number of nitrogens with zero attached hydrogens (tertiary/aromatic N) is 2. The summed E-state index contributed by atoms with van der Waals surface area (Å²) < 4.78 is 10.6. The summed E-state index contributed by atoms with van der Waals surface area (Å²) in [6, 6.07) is 13.5. The zero-order chi connectivity index (χ0) is 22.0. The summed E-state index contributed by atoms with van der Waals surface area (Å²) in [5, 5.41) is 27.7. The Labute approximate surface area is 177 Å². The first kappa shape index (κ1) is 20.0. The van der Waals surface area contributed by atoms with E-state index in [4.69, 9.17) is 9.26 Å². The molecule has 0 aliphatic rings. The standard InChI is InChI=1S/C23H19N3O5/c1-13(27)25-23-21(14-5-7-16(30-2)8-6-14)22(26-31-23)18-10-17(19(28)11-20(18)29)15-4-3-9-24-12-15/h3-12,28-29H,1-2H3,(H,25,27). The first-order valence-corrected chi connectivity index (χ1v) is 9.36. The molecule has 0 aliphatic heterocycles. The summed E-state index contributed by atoms with van der Waals surface area (Å²) in [4.78, 5) is 15.8. The van der Waals surface area contributed by atoms with E-state index in [2.05, 4.69) is 15.5 Å². The second-order valence-electron chi connectivity index (χ2n) is 6.77. The van der Waals surface area contributed by atoms with Crippen LogP contribution in [0.15, 0.2) is 65.4 Å². The number of hydrogen-bond acceptors (Lipinski definition) is 7. The fourth-order valence-electron chi connectivity index (χ4n) is 3.26. The molecule has 2 heterocycles. The van der Waals surface area contributed by atoms with Crippen molar-refractivity contribution in [2.75, 3.05) is 12.4 Å². The molecule has 0 bridgehead atoms. The Morgan fingerprint density at radius 3 is 2.42 bits per heavy atom. The van der Waals surface area contributed by atoms with Gasteiger partial charge >= 0.3 is 0 Å². The smallest absolute Gasteiger partial charge is 0.239 e. The number of anilines is 1. The lowest BCUT2D eigenvalue weighted by atomic mass is 9.96. The van der Waals surface area contributed by atoms with Crippen molar-refractivity contribution < 1.29 is 24.3 Å².